The zero-order valence-corrected chi connectivity index (χ0v) is 13.0. The van der Waals surface area contributed by atoms with Crippen LogP contribution in [0.1, 0.15) is 18.1 Å². The predicted molar refractivity (Wildman–Crippen MR) is 76.2 cm³/mol. The number of hydrogen-bond acceptors (Lipinski definition) is 4. The lowest BCUT2D eigenvalue weighted by Gasteiger charge is -2.34. The molecule has 108 valence electrons. The van der Waals surface area contributed by atoms with Gasteiger partial charge in [0.05, 0.1) is 20.3 Å². The molecule has 1 aliphatic heterocycles. The van der Waals surface area contributed by atoms with Gasteiger partial charge in [0.2, 0.25) is 0 Å². The molecule has 1 amide bonds. The van der Waals surface area contributed by atoms with Crippen molar-refractivity contribution in [3.05, 3.63) is 33.8 Å². The van der Waals surface area contributed by atoms with E-state index >= 15 is 0 Å². The minimum absolute atomic E-state index is 0.272. The smallest absolute Gasteiger partial charge is 0.410 e. The Morgan fingerprint density at radius 2 is 2.15 bits per heavy atom. The van der Waals surface area contributed by atoms with Crippen molar-refractivity contribution in [1.29, 1.82) is 0 Å². The van der Waals surface area contributed by atoms with Gasteiger partial charge in [0.25, 0.3) is 0 Å². The summed E-state index contributed by atoms with van der Waals surface area (Å²) in [6, 6.07) is 5.20. The van der Waals surface area contributed by atoms with Gasteiger partial charge in [0.1, 0.15) is 6.04 Å². The zero-order chi connectivity index (χ0) is 14.7. The fourth-order valence-corrected chi connectivity index (χ4v) is 2.71. The van der Waals surface area contributed by atoms with Crippen LogP contribution in [0.2, 0.25) is 0 Å². The topological polar surface area (TPSA) is 55.8 Å². The normalized spacial score (nSPS) is 17.4. The number of amides is 1. The van der Waals surface area contributed by atoms with Crippen molar-refractivity contribution in [2.24, 2.45) is 0 Å². The molecule has 1 aromatic rings. The molecule has 0 saturated carbocycles. The van der Waals surface area contributed by atoms with Gasteiger partial charge in [0, 0.05) is 10.9 Å². The number of carbonyl (C=O) groups is 2. The van der Waals surface area contributed by atoms with E-state index in [0.717, 1.165) is 15.6 Å². The monoisotopic (exact) mass is 341 g/mol. The molecule has 1 aromatic carbocycles. The van der Waals surface area contributed by atoms with Crippen LogP contribution in [0.3, 0.4) is 0 Å². The summed E-state index contributed by atoms with van der Waals surface area (Å²) in [7, 11) is 1.32. The highest BCUT2D eigenvalue weighted by Crippen LogP contribution is 2.27. The molecule has 0 radical (unpaired) electrons. The molecule has 1 atom stereocenters. The van der Waals surface area contributed by atoms with E-state index in [0.29, 0.717) is 13.0 Å². The molecular formula is C14H16BrNO4. The summed E-state index contributed by atoms with van der Waals surface area (Å²) < 4.78 is 10.7. The third-order valence-corrected chi connectivity index (χ3v) is 3.77. The van der Waals surface area contributed by atoms with Crippen LogP contribution in [-0.4, -0.2) is 36.7 Å². The van der Waals surface area contributed by atoms with E-state index < -0.39 is 18.1 Å². The number of ether oxygens (including phenoxy) is 2. The van der Waals surface area contributed by atoms with Gasteiger partial charge < -0.3 is 9.47 Å². The van der Waals surface area contributed by atoms with E-state index in [4.69, 9.17) is 9.47 Å². The summed E-state index contributed by atoms with van der Waals surface area (Å²) in [4.78, 5) is 25.3. The number of rotatable bonds is 2. The first-order valence-corrected chi connectivity index (χ1v) is 7.14. The number of fused-ring (bicyclic) bond motifs is 1. The number of esters is 1. The SMILES string of the molecule is CCOC(=O)N1Cc2cc(Br)ccc2CC1C(=O)OC. The molecule has 0 saturated heterocycles. The third kappa shape index (κ3) is 2.95. The van der Waals surface area contributed by atoms with Crippen molar-refractivity contribution in [3.63, 3.8) is 0 Å². The van der Waals surface area contributed by atoms with Crippen LogP contribution in [0.5, 0.6) is 0 Å². The number of carbonyl (C=O) groups excluding carboxylic acids is 2. The van der Waals surface area contributed by atoms with Crippen LogP contribution < -0.4 is 0 Å². The Hall–Kier alpha value is -1.56. The van der Waals surface area contributed by atoms with E-state index in [-0.39, 0.29) is 6.61 Å². The largest absolute Gasteiger partial charge is 0.467 e. The van der Waals surface area contributed by atoms with Crippen molar-refractivity contribution < 1.29 is 19.1 Å². The molecule has 1 unspecified atom stereocenters. The first-order chi connectivity index (χ1) is 9.56. The molecule has 1 heterocycles. The molecule has 0 bridgehead atoms. The van der Waals surface area contributed by atoms with Crippen LogP contribution in [-0.2, 0) is 27.2 Å². The van der Waals surface area contributed by atoms with Crippen LogP contribution in [0.25, 0.3) is 0 Å². The molecule has 6 heteroatoms. The van der Waals surface area contributed by atoms with Crippen molar-refractivity contribution in [3.8, 4) is 0 Å². The van der Waals surface area contributed by atoms with Gasteiger partial charge in [-0.25, -0.2) is 9.59 Å². The predicted octanol–water partition coefficient (Wildman–Crippen LogP) is 2.51. The Morgan fingerprint density at radius 3 is 2.80 bits per heavy atom. The number of benzene rings is 1. The van der Waals surface area contributed by atoms with E-state index in [9.17, 15) is 9.59 Å². The second kappa shape index (κ2) is 6.26. The Balaban J connectivity index is 2.32. The number of methoxy groups -OCH3 is 1. The van der Waals surface area contributed by atoms with Crippen LogP contribution in [0.4, 0.5) is 4.79 Å². The Morgan fingerprint density at radius 1 is 1.40 bits per heavy atom. The summed E-state index contributed by atoms with van der Waals surface area (Å²) in [5, 5.41) is 0. The van der Waals surface area contributed by atoms with Gasteiger partial charge in [0.15, 0.2) is 0 Å². The molecule has 20 heavy (non-hydrogen) atoms. The minimum Gasteiger partial charge on any atom is -0.467 e. The lowest BCUT2D eigenvalue weighted by Crippen LogP contribution is -2.49. The molecule has 1 aliphatic rings. The molecule has 0 fully saturated rings. The summed E-state index contributed by atoms with van der Waals surface area (Å²) in [6.45, 7) is 2.35. The molecule has 0 aromatic heterocycles. The molecule has 0 N–H and O–H groups in total. The van der Waals surface area contributed by atoms with E-state index in [1.165, 1.54) is 12.0 Å². The number of hydrogen-bond donors (Lipinski definition) is 0. The standard InChI is InChI=1S/C14H16BrNO4/c1-3-20-14(18)16-8-10-6-11(15)5-4-9(10)7-12(16)13(17)19-2/h4-6,12H,3,7-8H2,1-2H3. The van der Waals surface area contributed by atoms with Gasteiger partial charge in [-0.05, 0) is 30.2 Å². The number of halogens is 1. The lowest BCUT2D eigenvalue weighted by atomic mass is 9.94. The summed E-state index contributed by atoms with van der Waals surface area (Å²) in [5.74, 6) is -0.424. The van der Waals surface area contributed by atoms with Gasteiger partial charge >= 0.3 is 12.1 Å². The van der Waals surface area contributed by atoms with E-state index in [1.54, 1.807) is 6.92 Å². The molecular weight excluding hydrogens is 326 g/mol. The van der Waals surface area contributed by atoms with Gasteiger partial charge in [-0.15, -0.1) is 0 Å². The quantitative estimate of drug-likeness (QED) is 0.775. The Bertz CT molecular complexity index is 532. The highest BCUT2D eigenvalue weighted by Gasteiger charge is 2.36. The maximum atomic E-state index is 12.0. The van der Waals surface area contributed by atoms with E-state index in [2.05, 4.69) is 15.9 Å². The highest BCUT2D eigenvalue weighted by atomic mass is 79.9. The fourth-order valence-electron chi connectivity index (χ4n) is 2.30. The van der Waals surface area contributed by atoms with Crippen molar-refractivity contribution in [1.82, 2.24) is 4.90 Å². The van der Waals surface area contributed by atoms with Crippen molar-refractivity contribution in [2.45, 2.75) is 25.9 Å². The maximum absolute atomic E-state index is 12.0. The molecule has 0 spiro atoms. The average molecular weight is 342 g/mol. The second-order valence-electron chi connectivity index (χ2n) is 4.48. The summed E-state index contributed by atoms with van der Waals surface area (Å²) >= 11 is 3.41. The van der Waals surface area contributed by atoms with Crippen LogP contribution >= 0.6 is 15.9 Å². The molecule has 2 rings (SSSR count). The molecule has 5 nitrogen and oxygen atoms in total. The van der Waals surface area contributed by atoms with Gasteiger partial charge in [-0.3, -0.25) is 4.90 Å². The zero-order valence-electron chi connectivity index (χ0n) is 11.4. The van der Waals surface area contributed by atoms with Gasteiger partial charge in [-0.2, -0.15) is 0 Å². The van der Waals surface area contributed by atoms with Gasteiger partial charge in [-0.1, -0.05) is 22.0 Å². The van der Waals surface area contributed by atoms with Crippen LogP contribution in [0, 0.1) is 0 Å². The molecule has 0 aliphatic carbocycles. The van der Waals surface area contributed by atoms with Crippen molar-refractivity contribution in [2.75, 3.05) is 13.7 Å². The fraction of sp³-hybridized carbons (Fsp3) is 0.429. The second-order valence-corrected chi connectivity index (χ2v) is 5.40. The third-order valence-electron chi connectivity index (χ3n) is 3.27. The maximum Gasteiger partial charge on any atom is 0.410 e. The minimum atomic E-state index is -0.632. The van der Waals surface area contributed by atoms with Crippen LogP contribution in [0.15, 0.2) is 22.7 Å². The Kier molecular flexibility index (Phi) is 4.65. The van der Waals surface area contributed by atoms with Crippen molar-refractivity contribution >= 4 is 28.0 Å². The first kappa shape index (κ1) is 14.8. The Labute approximate surface area is 126 Å². The summed E-state index contributed by atoms with van der Waals surface area (Å²) in [6.07, 6.45) is -0.0535. The highest BCUT2D eigenvalue weighted by molar-refractivity contribution is 9.10. The lowest BCUT2D eigenvalue weighted by molar-refractivity contribution is -0.147. The average Bonchev–Trinajstić information content (AvgIpc) is 2.45. The number of nitrogens with zero attached hydrogens (tertiary/aromatic N) is 1. The summed E-state index contributed by atoms with van der Waals surface area (Å²) in [5.41, 5.74) is 2.05. The van der Waals surface area contributed by atoms with E-state index in [1.807, 2.05) is 18.2 Å². The first-order valence-electron chi connectivity index (χ1n) is 6.35.